The van der Waals surface area contributed by atoms with Crippen LogP contribution in [0.3, 0.4) is 0 Å². The van der Waals surface area contributed by atoms with Crippen molar-refractivity contribution in [3.05, 3.63) is 70.5 Å². The number of carbonyl (C=O) groups is 1. The monoisotopic (exact) mass is 395 g/mol. The summed E-state index contributed by atoms with van der Waals surface area (Å²) in [4.78, 5) is 20.5. The Bertz CT molecular complexity index is 1140. The summed E-state index contributed by atoms with van der Waals surface area (Å²) < 4.78 is 18.6. The van der Waals surface area contributed by atoms with Gasteiger partial charge in [-0.05, 0) is 49.1 Å². The van der Waals surface area contributed by atoms with Crippen LogP contribution in [0.1, 0.15) is 34.6 Å². The molecule has 1 unspecified atom stereocenters. The van der Waals surface area contributed by atoms with Crippen LogP contribution in [0.25, 0.3) is 21.7 Å². The second kappa shape index (κ2) is 7.16. The fourth-order valence-electron chi connectivity index (χ4n) is 3.14. The van der Waals surface area contributed by atoms with Crippen molar-refractivity contribution in [2.75, 3.05) is 7.05 Å². The minimum absolute atomic E-state index is 0.173. The van der Waals surface area contributed by atoms with Crippen LogP contribution >= 0.6 is 11.3 Å². The number of hydrogen-bond acceptors (Lipinski definition) is 5. The smallest absolute Gasteiger partial charge is 0.259 e. The number of thiophene rings is 1. The van der Waals surface area contributed by atoms with Gasteiger partial charge in [0.2, 0.25) is 0 Å². The molecule has 5 nitrogen and oxygen atoms in total. The van der Waals surface area contributed by atoms with Crippen molar-refractivity contribution >= 4 is 28.3 Å². The number of benzene rings is 1. The van der Waals surface area contributed by atoms with E-state index in [0.717, 1.165) is 10.4 Å². The van der Waals surface area contributed by atoms with E-state index in [0.29, 0.717) is 28.1 Å². The first-order valence-corrected chi connectivity index (χ1v) is 9.67. The number of rotatable bonds is 4. The van der Waals surface area contributed by atoms with Gasteiger partial charge in [-0.15, -0.1) is 11.3 Å². The zero-order valence-electron chi connectivity index (χ0n) is 15.6. The molecule has 0 N–H and O–H groups in total. The third-order valence-corrected chi connectivity index (χ3v) is 5.77. The van der Waals surface area contributed by atoms with Gasteiger partial charge >= 0.3 is 0 Å². The molecule has 4 rings (SSSR count). The van der Waals surface area contributed by atoms with Crippen molar-refractivity contribution in [3.63, 3.8) is 0 Å². The average molecular weight is 395 g/mol. The topological polar surface area (TPSA) is 59.2 Å². The van der Waals surface area contributed by atoms with Crippen molar-refractivity contribution in [3.8, 4) is 10.6 Å². The predicted molar refractivity (Wildman–Crippen MR) is 107 cm³/mol. The highest BCUT2D eigenvalue weighted by Gasteiger charge is 2.25. The summed E-state index contributed by atoms with van der Waals surface area (Å²) in [5.41, 5.74) is 2.97. The summed E-state index contributed by atoms with van der Waals surface area (Å²) in [6, 6.07) is 11.6. The maximum Gasteiger partial charge on any atom is 0.259 e. The minimum atomic E-state index is -0.304. The number of amides is 1. The molecule has 142 valence electrons. The van der Waals surface area contributed by atoms with E-state index in [2.05, 4.69) is 10.1 Å². The summed E-state index contributed by atoms with van der Waals surface area (Å²) in [6.07, 6.45) is 0. The van der Waals surface area contributed by atoms with E-state index in [1.807, 2.05) is 24.4 Å². The van der Waals surface area contributed by atoms with Crippen LogP contribution in [-0.2, 0) is 0 Å². The quantitative estimate of drug-likeness (QED) is 0.475. The van der Waals surface area contributed by atoms with E-state index in [9.17, 15) is 9.18 Å². The molecule has 0 fully saturated rings. The lowest BCUT2D eigenvalue weighted by Gasteiger charge is -2.26. The van der Waals surface area contributed by atoms with Crippen LogP contribution in [0.5, 0.6) is 0 Å². The average Bonchev–Trinajstić information content (AvgIpc) is 3.36. The molecule has 1 aromatic carbocycles. The molecule has 4 aromatic rings. The number of carbonyl (C=O) groups excluding carboxylic acids is 1. The molecule has 0 bridgehead atoms. The number of pyridine rings is 1. The van der Waals surface area contributed by atoms with Gasteiger partial charge in [0.15, 0.2) is 0 Å². The molecule has 0 saturated heterocycles. The Morgan fingerprint density at radius 2 is 2.00 bits per heavy atom. The number of aromatic nitrogens is 2. The van der Waals surface area contributed by atoms with Crippen LogP contribution < -0.4 is 0 Å². The van der Waals surface area contributed by atoms with E-state index in [4.69, 9.17) is 4.52 Å². The number of aryl methyl sites for hydroxylation is 1. The van der Waals surface area contributed by atoms with Crippen molar-refractivity contribution in [2.45, 2.75) is 19.9 Å². The zero-order chi connectivity index (χ0) is 19.8. The molecule has 0 aliphatic rings. The van der Waals surface area contributed by atoms with E-state index in [1.54, 1.807) is 37.1 Å². The first-order chi connectivity index (χ1) is 13.5. The Hall–Kier alpha value is -3.06. The van der Waals surface area contributed by atoms with Crippen LogP contribution in [0.15, 0.2) is 52.4 Å². The van der Waals surface area contributed by atoms with Gasteiger partial charge in [-0.1, -0.05) is 23.4 Å². The lowest BCUT2D eigenvalue weighted by atomic mass is 10.0. The Morgan fingerprint density at radius 1 is 1.25 bits per heavy atom. The van der Waals surface area contributed by atoms with Crippen LogP contribution in [-0.4, -0.2) is 28.0 Å². The minimum Gasteiger partial charge on any atom is -0.335 e. The molecule has 0 radical (unpaired) electrons. The van der Waals surface area contributed by atoms with Gasteiger partial charge < -0.3 is 9.42 Å². The third kappa shape index (κ3) is 3.18. The van der Waals surface area contributed by atoms with E-state index in [-0.39, 0.29) is 17.8 Å². The van der Waals surface area contributed by atoms with Crippen molar-refractivity contribution in [2.24, 2.45) is 0 Å². The Kier molecular flexibility index (Phi) is 4.68. The SMILES string of the molecule is Cc1noc2nc(-c3cccs3)cc(C(=O)N(C)C(C)c3ccc(F)cc3)c12. The lowest BCUT2D eigenvalue weighted by Crippen LogP contribution is -2.30. The summed E-state index contributed by atoms with van der Waals surface area (Å²) in [7, 11) is 1.73. The number of hydrogen-bond donors (Lipinski definition) is 0. The van der Waals surface area contributed by atoms with Crippen LogP contribution in [0.2, 0.25) is 0 Å². The molecule has 3 aromatic heterocycles. The Labute approximate surface area is 165 Å². The van der Waals surface area contributed by atoms with Gasteiger partial charge in [-0.3, -0.25) is 4.79 Å². The number of nitrogens with zero attached hydrogens (tertiary/aromatic N) is 3. The molecule has 1 amide bonds. The molecule has 0 aliphatic carbocycles. The molecular weight excluding hydrogens is 377 g/mol. The summed E-state index contributed by atoms with van der Waals surface area (Å²) in [5, 5.41) is 6.56. The maximum atomic E-state index is 13.4. The van der Waals surface area contributed by atoms with Gasteiger partial charge in [-0.2, -0.15) is 0 Å². The third-order valence-electron chi connectivity index (χ3n) is 4.87. The molecule has 0 saturated carbocycles. The standard InChI is InChI=1S/C21H18FN3O2S/c1-12-19-16(11-17(18-5-4-10-28-18)23-20(19)27-24-12)21(26)25(3)13(2)14-6-8-15(22)9-7-14/h4-11,13H,1-3H3. The van der Waals surface area contributed by atoms with Gasteiger partial charge in [-0.25, -0.2) is 9.37 Å². The first-order valence-electron chi connectivity index (χ1n) is 8.79. The van der Waals surface area contributed by atoms with Crippen LogP contribution in [0, 0.1) is 12.7 Å². The van der Waals surface area contributed by atoms with Crippen LogP contribution in [0.4, 0.5) is 4.39 Å². The predicted octanol–water partition coefficient (Wildman–Crippen LogP) is 5.23. The van der Waals surface area contributed by atoms with E-state index < -0.39 is 0 Å². The first kappa shape index (κ1) is 18.3. The van der Waals surface area contributed by atoms with Gasteiger partial charge in [0.25, 0.3) is 11.6 Å². The number of halogens is 1. The fraction of sp³-hybridized carbons (Fsp3) is 0.190. The Balaban J connectivity index is 1.77. The molecular formula is C21H18FN3O2S. The Morgan fingerprint density at radius 3 is 2.68 bits per heavy atom. The lowest BCUT2D eigenvalue weighted by molar-refractivity contribution is 0.0744. The van der Waals surface area contributed by atoms with Gasteiger partial charge in [0, 0.05) is 7.05 Å². The zero-order valence-corrected chi connectivity index (χ0v) is 16.5. The number of fused-ring (bicyclic) bond motifs is 1. The van der Waals surface area contributed by atoms with Crippen molar-refractivity contribution in [1.82, 2.24) is 15.0 Å². The van der Waals surface area contributed by atoms with E-state index >= 15 is 0 Å². The fourth-order valence-corrected chi connectivity index (χ4v) is 3.83. The van der Waals surface area contributed by atoms with E-state index in [1.165, 1.54) is 23.5 Å². The molecule has 0 aliphatic heterocycles. The molecule has 28 heavy (non-hydrogen) atoms. The maximum absolute atomic E-state index is 13.4. The van der Waals surface area contributed by atoms with Gasteiger partial charge in [0.1, 0.15) is 5.82 Å². The molecule has 3 heterocycles. The normalized spacial score (nSPS) is 12.3. The summed E-state index contributed by atoms with van der Waals surface area (Å²) in [6.45, 7) is 3.70. The second-order valence-electron chi connectivity index (χ2n) is 6.62. The summed E-state index contributed by atoms with van der Waals surface area (Å²) in [5.74, 6) is -0.477. The summed E-state index contributed by atoms with van der Waals surface area (Å²) >= 11 is 1.54. The second-order valence-corrected chi connectivity index (χ2v) is 7.57. The van der Waals surface area contributed by atoms with Crippen molar-refractivity contribution < 1.29 is 13.7 Å². The van der Waals surface area contributed by atoms with Gasteiger partial charge in [0.05, 0.1) is 33.3 Å². The highest BCUT2D eigenvalue weighted by atomic mass is 32.1. The highest BCUT2D eigenvalue weighted by Crippen LogP contribution is 2.31. The molecule has 1 atom stereocenters. The largest absolute Gasteiger partial charge is 0.335 e. The molecule has 7 heteroatoms. The van der Waals surface area contributed by atoms with Crippen molar-refractivity contribution in [1.29, 1.82) is 0 Å². The molecule has 0 spiro atoms. The highest BCUT2D eigenvalue weighted by molar-refractivity contribution is 7.13.